The number of hydrogen-bond acceptors (Lipinski definition) is 2. The van der Waals surface area contributed by atoms with Crippen molar-refractivity contribution >= 4 is 17.4 Å². The van der Waals surface area contributed by atoms with Gasteiger partial charge in [0.15, 0.2) is 0 Å². The molecule has 1 aromatic carbocycles. The molecule has 16 heavy (non-hydrogen) atoms. The summed E-state index contributed by atoms with van der Waals surface area (Å²) in [6, 6.07) is 9.42. The Morgan fingerprint density at radius 2 is 1.75 bits per heavy atom. The number of anilines is 1. The van der Waals surface area contributed by atoms with Crippen molar-refractivity contribution in [2.45, 2.75) is 25.7 Å². The molecule has 0 aromatic heterocycles. The van der Waals surface area contributed by atoms with Gasteiger partial charge in [0.05, 0.1) is 0 Å². The summed E-state index contributed by atoms with van der Waals surface area (Å²) >= 11 is 0. The van der Waals surface area contributed by atoms with E-state index in [9.17, 15) is 9.59 Å². The van der Waals surface area contributed by atoms with Crippen molar-refractivity contribution in [3.8, 4) is 0 Å². The van der Waals surface area contributed by atoms with Crippen LogP contribution in [-0.4, -0.2) is 11.7 Å². The van der Waals surface area contributed by atoms with Gasteiger partial charge in [-0.05, 0) is 25.0 Å². The molecule has 0 saturated heterocycles. The quantitative estimate of drug-likeness (QED) is 0.826. The van der Waals surface area contributed by atoms with Crippen LogP contribution in [0.1, 0.15) is 25.7 Å². The van der Waals surface area contributed by atoms with E-state index in [1.54, 1.807) is 0 Å². The molecular formula is C13H15NO2. The summed E-state index contributed by atoms with van der Waals surface area (Å²) in [6.45, 7) is 0. The molecule has 1 fully saturated rings. The van der Waals surface area contributed by atoms with Crippen molar-refractivity contribution < 1.29 is 9.59 Å². The van der Waals surface area contributed by atoms with Gasteiger partial charge in [0.25, 0.3) is 0 Å². The highest BCUT2D eigenvalue weighted by Crippen LogP contribution is 2.22. The van der Waals surface area contributed by atoms with Gasteiger partial charge in [-0.2, -0.15) is 0 Å². The van der Waals surface area contributed by atoms with Crippen LogP contribution < -0.4 is 5.32 Å². The summed E-state index contributed by atoms with van der Waals surface area (Å²) < 4.78 is 0. The first kappa shape index (κ1) is 10.9. The minimum absolute atomic E-state index is 0.00194. The number of Topliss-reactive ketones (excluding diaryl/α,β-unsaturated/α-hetero) is 1. The fraction of sp³-hybridized carbons (Fsp3) is 0.385. The Balaban J connectivity index is 1.91. The molecule has 3 heteroatoms. The van der Waals surface area contributed by atoms with Crippen LogP contribution in [0.4, 0.5) is 5.69 Å². The molecule has 1 aromatic rings. The van der Waals surface area contributed by atoms with Crippen LogP contribution in [0.15, 0.2) is 30.3 Å². The number of rotatable bonds is 2. The predicted molar refractivity (Wildman–Crippen MR) is 62.0 cm³/mol. The first-order valence-electron chi connectivity index (χ1n) is 5.63. The monoisotopic (exact) mass is 217 g/mol. The normalized spacial score (nSPS) is 17.1. The van der Waals surface area contributed by atoms with Crippen LogP contribution in [0.3, 0.4) is 0 Å². The summed E-state index contributed by atoms with van der Waals surface area (Å²) in [6.07, 6.45) is 2.48. The number of hydrogen-bond donors (Lipinski definition) is 1. The van der Waals surface area contributed by atoms with Crippen molar-refractivity contribution in [3.63, 3.8) is 0 Å². The van der Waals surface area contributed by atoms with Crippen LogP contribution in [0.5, 0.6) is 0 Å². The summed E-state index contributed by atoms with van der Waals surface area (Å²) in [7, 11) is 0. The lowest BCUT2D eigenvalue weighted by Crippen LogP contribution is -2.27. The Morgan fingerprint density at radius 1 is 1.12 bits per heavy atom. The lowest BCUT2D eigenvalue weighted by atomic mass is 9.88. The van der Waals surface area contributed by atoms with E-state index in [1.807, 2.05) is 30.3 Å². The number of benzene rings is 1. The van der Waals surface area contributed by atoms with E-state index in [-0.39, 0.29) is 17.6 Å². The second-order valence-electron chi connectivity index (χ2n) is 4.17. The summed E-state index contributed by atoms with van der Waals surface area (Å²) in [5.74, 6) is 0.320. The van der Waals surface area contributed by atoms with Gasteiger partial charge in [0, 0.05) is 24.4 Å². The first-order chi connectivity index (χ1) is 7.75. The van der Waals surface area contributed by atoms with Crippen LogP contribution in [0.25, 0.3) is 0 Å². The molecule has 3 nitrogen and oxygen atoms in total. The van der Waals surface area contributed by atoms with Gasteiger partial charge < -0.3 is 5.32 Å². The second-order valence-corrected chi connectivity index (χ2v) is 4.17. The highest BCUT2D eigenvalue weighted by Gasteiger charge is 2.24. The van der Waals surface area contributed by atoms with Crippen LogP contribution >= 0.6 is 0 Å². The third kappa shape index (κ3) is 2.69. The lowest BCUT2D eigenvalue weighted by molar-refractivity contribution is -0.125. The van der Waals surface area contributed by atoms with Gasteiger partial charge in [-0.25, -0.2) is 0 Å². The topological polar surface area (TPSA) is 46.2 Å². The van der Waals surface area contributed by atoms with E-state index >= 15 is 0 Å². The number of amides is 1. The average Bonchev–Trinajstić information content (AvgIpc) is 2.31. The van der Waals surface area contributed by atoms with Crippen molar-refractivity contribution in [2.24, 2.45) is 5.92 Å². The highest BCUT2D eigenvalue weighted by molar-refractivity contribution is 5.94. The molecule has 1 aliphatic carbocycles. The highest BCUT2D eigenvalue weighted by atomic mass is 16.2. The molecule has 0 unspecified atom stereocenters. The standard InChI is InChI=1S/C13H15NO2/c15-12-8-6-10(7-9-12)13(16)14-11-4-2-1-3-5-11/h1-5,10H,6-9H2,(H,14,16). The number of nitrogens with one attached hydrogen (secondary N) is 1. The van der Waals surface area contributed by atoms with E-state index in [4.69, 9.17) is 0 Å². The Labute approximate surface area is 94.9 Å². The maximum Gasteiger partial charge on any atom is 0.227 e. The van der Waals surface area contributed by atoms with E-state index in [1.165, 1.54) is 0 Å². The van der Waals surface area contributed by atoms with Crippen molar-refractivity contribution in [2.75, 3.05) is 5.32 Å². The zero-order valence-corrected chi connectivity index (χ0v) is 9.11. The third-order valence-corrected chi connectivity index (χ3v) is 2.96. The van der Waals surface area contributed by atoms with Crippen LogP contribution in [0.2, 0.25) is 0 Å². The number of carbonyl (C=O) groups is 2. The largest absolute Gasteiger partial charge is 0.326 e. The zero-order chi connectivity index (χ0) is 11.4. The summed E-state index contributed by atoms with van der Waals surface area (Å²) in [5.41, 5.74) is 0.824. The molecule has 0 atom stereocenters. The van der Waals surface area contributed by atoms with Crippen molar-refractivity contribution in [1.29, 1.82) is 0 Å². The molecule has 0 radical (unpaired) electrons. The Morgan fingerprint density at radius 3 is 2.38 bits per heavy atom. The molecule has 1 N–H and O–H groups in total. The molecule has 84 valence electrons. The number of ketones is 1. The minimum Gasteiger partial charge on any atom is -0.326 e. The number of carbonyl (C=O) groups excluding carboxylic acids is 2. The van der Waals surface area contributed by atoms with Gasteiger partial charge in [-0.1, -0.05) is 18.2 Å². The molecule has 0 bridgehead atoms. The molecule has 0 heterocycles. The lowest BCUT2D eigenvalue weighted by Gasteiger charge is -2.20. The second kappa shape index (κ2) is 4.92. The number of para-hydroxylation sites is 1. The molecule has 1 amide bonds. The molecular weight excluding hydrogens is 202 g/mol. The smallest absolute Gasteiger partial charge is 0.227 e. The first-order valence-corrected chi connectivity index (χ1v) is 5.63. The zero-order valence-electron chi connectivity index (χ0n) is 9.11. The van der Waals surface area contributed by atoms with Crippen LogP contribution in [0, 0.1) is 5.92 Å². The van der Waals surface area contributed by atoms with Gasteiger partial charge in [0.1, 0.15) is 5.78 Å². The van der Waals surface area contributed by atoms with Gasteiger partial charge in [-0.15, -0.1) is 0 Å². The molecule has 2 rings (SSSR count). The van der Waals surface area contributed by atoms with Crippen molar-refractivity contribution in [3.05, 3.63) is 30.3 Å². The van der Waals surface area contributed by atoms with Gasteiger partial charge in [-0.3, -0.25) is 9.59 Å². The van der Waals surface area contributed by atoms with E-state index in [2.05, 4.69) is 5.32 Å². The van der Waals surface area contributed by atoms with Gasteiger partial charge in [0.2, 0.25) is 5.91 Å². The molecule has 1 aliphatic rings. The Bertz CT molecular complexity index is 376. The minimum atomic E-state index is -0.00194. The summed E-state index contributed by atoms with van der Waals surface area (Å²) in [5, 5.41) is 2.88. The van der Waals surface area contributed by atoms with E-state index in [0.29, 0.717) is 25.7 Å². The summed E-state index contributed by atoms with van der Waals surface area (Å²) in [4.78, 5) is 22.9. The maximum atomic E-state index is 11.9. The van der Waals surface area contributed by atoms with E-state index < -0.39 is 0 Å². The van der Waals surface area contributed by atoms with Crippen molar-refractivity contribution in [1.82, 2.24) is 0 Å². The SMILES string of the molecule is O=C1CCC(C(=O)Nc2ccccc2)CC1. The predicted octanol–water partition coefficient (Wildman–Crippen LogP) is 2.38. The maximum absolute atomic E-state index is 11.9. The fourth-order valence-electron chi connectivity index (χ4n) is 1.97. The Hall–Kier alpha value is -1.64. The Kier molecular flexibility index (Phi) is 3.34. The average molecular weight is 217 g/mol. The molecule has 0 aliphatic heterocycles. The molecule has 1 saturated carbocycles. The van der Waals surface area contributed by atoms with Crippen LogP contribution in [-0.2, 0) is 9.59 Å². The fourth-order valence-corrected chi connectivity index (χ4v) is 1.97. The third-order valence-electron chi connectivity index (χ3n) is 2.96. The molecule has 0 spiro atoms. The van der Waals surface area contributed by atoms with E-state index in [0.717, 1.165) is 5.69 Å². The van der Waals surface area contributed by atoms with Gasteiger partial charge >= 0.3 is 0 Å².